The summed E-state index contributed by atoms with van der Waals surface area (Å²) in [5, 5.41) is 0. The zero-order valence-electron chi connectivity index (χ0n) is 14.8. The molecule has 2 aromatic carbocycles. The van der Waals surface area contributed by atoms with Crippen molar-refractivity contribution in [1.82, 2.24) is 0 Å². The molecular weight excluding hydrogens is 366 g/mol. The van der Waals surface area contributed by atoms with E-state index in [1.54, 1.807) is 7.11 Å². The maximum Gasteiger partial charge on any atom is 0.270 e. The lowest BCUT2D eigenvalue weighted by Gasteiger charge is -2.17. The molecule has 0 atom stereocenters. The second kappa shape index (κ2) is 7.93. The number of methoxy groups -OCH3 is 1. The Morgan fingerprint density at radius 1 is 1.08 bits per heavy atom. The van der Waals surface area contributed by atoms with Crippen molar-refractivity contribution in [2.75, 3.05) is 12.0 Å². The summed E-state index contributed by atoms with van der Waals surface area (Å²) >= 11 is 6.72. The first-order valence-corrected chi connectivity index (χ1v) is 9.40. The summed E-state index contributed by atoms with van der Waals surface area (Å²) in [6.07, 6.45) is 1.87. The monoisotopic (exact) mass is 385 g/mol. The number of thioether (sulfide) groups is 1. The lowest BCUT2D eigenvalue weighted by molar-refractivity contribution is -0.113. The highest BCUT2D eigenvalue weighted by Crippen LogP contribution is 2.40. The summed E-state index contributed by atoms with van der Waals surface area (Å²) in [5.41, 5.74) is 1.49. The predicted octanol–water partition coefficient (Wildman–Crippen LogP) is 4.89. The van der Waals surface area contributed by atoms with E-state index in [0.717, 1.165) is 11.3 Å². The Morgan fingerprint density at radius 2 is 1.73 bits per heavy atom. The molecule has 0 unspecified atom stereocenters. The second-order valence-corrected chi connectivity index (χ2v) is 7.57. The number of anilines is 1. The fourth-order valence-electron chi connectivity index (χ4n) is 2.59. The SMILES string of the molecule is COc1ccccc1N1C(=O)/C(=C/c2ccccc2OC(C)C)SC1=S. The van der Waals surface area contributed by atoms with Crippen molar-refractivity contribution in [3.05, 3.63) is 59.0 Å². The van der Waals surface area contributed by atoms with Crippen LogP contribution in [0.3, 0.4) is 0 Å². The van der Waals surface area contributed by atoms with Gasteiger partial charge in [0.1, 0.15) is 11.5 Å². The largest absolute Gasteiger partial charge is 0.495 e. The van der Waals surface area contributed by atoms with Crippen LogP contribution in [0.5, 0.6) is 11.5 Å². The van der Waals surface area contributed by atoms with E-state index in [1.165, 1.54) is 16.7 Å². The van der Waals surface area contributed by atoms with Crippen molar-refractivity contribution in [2.24, 2.45) is 0 Å². The minimum absolute atomic E-state index is 0.0487. The van der Waals surface area contributed by atoms with Crippen LogP contribution in [-0.2, 0) is 4.79 Å². The average Bonchev–Trinajstić information content (AvgIpc) is 2.89. The minimum atomic E-state index is -0.163. The fraction of sp³-hybridized carbons (Fsp3) is 0.200. The number of carbonyl (C=O) groups is 1. The van der Waals surface area contributed by atoms with Gasteiger partial charge in [-0.3, -0.25) is 9.69 Å². The molecular formula is C20H19NO3S2. The number of carbonyl (C=O) groups excluding carboxylic acids is 1. The molecule has 0 aliphatic carbocycles. The van der Waals surface area contributed by atoms with Gasteiger partial charge in [0.05, 0.1) is 23.8 Å². The van der Waals surface area contributed by atoms with Crippen LogP contribution >= 0.6 is 24.0 Å². The lowest BCUT2D eigenvalue weighted by Crippen LogP contribution is -2.27. The highest BCUT2D eigenvalue weighted by Gasteiger charge is 2.35. The van der Waals surface area contributed by atoms with Crippen LogP contribution in [0.25, 0.3) is 6.08 Å². The number of amides is 1. The zero-order chi connectivity index (χ0) is 18.7. The summed E-state index contributed by atoms with van der Waals surface area (Å²) in [5.74, 6) is 1.18. The third-order valence-electron chi connectivity index (χ3n) is 3.69. The molecule has 1 saturated heterocycles. The number of nitrogens with zero attached hydrogens (tertiary/aromatic N) is 1. The van der Waals surface area contributed by atoms with Crippen LogP contribution in [0.2, 0.25) is 0 Å². The topological polar surface area (TPSA) is 38.8 Å². The van der Waals surface area contributed by atoms with Crippen LogP contribution in [-0.4, -0.2) is 23.4 Å². The Morgan fingerprint density at radius 3 is 2.42 bits per heavy atom. The van der Waals surface area contributed by atoms with E-state index in [1.807, 2.05) is 68.5 Å². The zero-order valence-corrected chi connectivity index (χ0v) is 16.4. The molecule has 4 nitrogen and oxygen atoms in total. The molecule has 134 valence electrons. The van der Waals surface area contributed by atoms with E-state index in [0.29, 0.717) is 20.7 Å². The van der Waals surface area contributed by atoms with E-state index in [-0.39, 0.29) is 12.0 Å². The average molecular weight is 386 g/mol. The molecule has 0 spiro atoms. The van der Waals surface area contributed by atoms with Gasteiger partial charge in [-0.25, -0.2) is 0 Å². The van der Waals surface area contributed by atoms with Crippen LogP contribution < -0.4 is 14.4 Å². The third kappa shape index (κ3) is 3.76. The Labute approximate surface area is 162 Å². The highest BCUT2D eigenvalue weighted by molar-refractivity contribution is 8.27. The van der Waals surface area contributed by atoms with E-state index in [4.69, 9.17) is 21.7 Å². The highest BCUT2D eigenvalue weighted by atomic mass is 32.2. The molecule has 6 heteroatoms. The molecule has 1 amide bonds. The molecule has 0 radical (unpaired) electrons. The summed E-state index contributed by atoms with van der Waals surface area (Å²) in [6.45, 7) is 3.94. The van der Waals surface area contributed by atoms with Gasteiger partial charge < -0.3 is 9.47 Å². The van der Waals surface area contributed by atoms with Gasteiger partial charge in [-0.05, 0) is 38.1 Å². The van der Waals surface area contributed by atoms with Gasteiger partial charge >= 0.3 is 0 Å². The molecule has 0 aromatic heterocycles. The number of hydrogen-bond acceptors (Lipinski definition) is 5. The quantitative estimate of drug-likeness (QED) is 0.541. The van der Waals surface area contributed by atoms with Crippen LogP contribution in [0.4, 0.5) is 5.69 Å². The summed E-state index contributed by atoms with van der Waals surface area (Å²) in [7, 11) is 1.58. The normalized spacial score (nSPS) is 15.8. The van der Waals surface area contributed by atoms with Crippen LogP contribution in [0, 0.1) is 0 Å². The molecule has 0 bridgehead atoms. The van der Waals surface area contributed by atoms with Crippen molar-refractivity contribution in [3.8, 4) is 11.5 Å². The van der Waals surface area contributed by atoms with Gasteiger partial charge in [0.2, 0.25) is 0 Å². The number of rotatable bonds is 5. The number of benzene rings is 2. The van der Waals surface area contributed by atoms with Gasteiger partial charge in [-0.2, -0.15) is 0 Å². The molecule has 1 heterocycles. The number of thiocarbonyl (C=S) groups is 1. The van der Waals surface area contributed by atoms with E-state index < -0.39 is 0 Å². The summed E-state index contributed by atoms with van der Waals surface area (Å²) < 4.78 is 11.7. The molecule has 26 heavy (non-hydrogen) atoms. The Balaban J connectivity index is 1.96. The Kier molecular flexibility index (Phi) is 5.64. The van der Waals surface area contributed by atoms with Crippen LogP contribution in [0.1, 0.15) is 19.4 Å². The molecule has 1 aliphatic rings. The first-order valence-electron chi connectivity index (χ1n) is 8.18. The van der Waals surface area contributed by atoms with Gasteiger partial charge in [0, 0.05) is 5.56 Å². The third-order valence-corrected chi connectivity index (χ3v) is 4.99. The first kappa shape index (κ1) is 18.5. The van der Waals surface area contributed by atoms with Crippen molar-refractivity contribution in [2.45, 2.75) is 20.0 Å². The maximum absolute atomic E-state index is 13.0. The standard InChI is InChI=1S/C20H19NO3S2/c1-13(2)24-16-10-6-4-8-14(16)12-18-19(22)21(20(25)26-18)15-9-5-7-11-17(15)23-3/h4-13H,1-3H3/b18-12-. The Bertz CT molecular complexity index is 877. The molecule has 3 rings (SSSR count). The summed E-state index contributed by atoms with van der Waals surface area (Å²) in [4.78, 5) is 15.0. The molecule has 2 aromatic rings. The number of para-hydroxylation sites is 3. The number of ether oxygens (including phenoxy) is 2. The van der Waals surface area contributed by atoms with Gasteiger partial charge in [-0.15, -0.1) is 0 Å². The lowest BCUT2D eigenvalue weighted by atomic mass is 10.1. The smallest absolute Gasteiger partial charge is 0.270 e. The van der Waals surface area contributed by atoms with Crippen molar-refractivity contribution >= 4 is 46.0 Å². The van der Waals surface area contributed by atoms with E-state index in [2.05, 4.69) is 0 Å². The number of hydrogen-bond donors (Lipinski definition) is 0. The van der Waals surface area contributed by atoms with E-state index in [9.17, 15) is 4.79 Å². The minimum Gasteiger partial charge on any atom is -0.495 e. The van der Waals surface area contributed by atoms with Gasteiger partial charge in [0.25, 0.3) is 5.91 Å². The van der Waals surface area contributed by atoms with Crippen molar-refractivity contribution < 1.29 is 14.3 Å². The second-order valence-electron chi connectivity index (χ2n) is 5.89. The fourth-order valence-corrected chi connectivity index (χ4v) is 3.87. The molecule has 1 fully saturated rings. The van der Waals surface area contributed by atoms with Gasteiger partial charge in [-0.1, -0.05) is 54.3 Å². The molecule has 1 aliphatic heterocycles. The van der Waals surface area contributed by atoms with Crippen molar-refractivity contribution in [3.63, 3.8) is 0 Å². The van der Waals surface area contributed by atoms with Gasteiger partial charge in [0.15, 0.2) is 4.32 Å². The molecule has 0 saturated carbocycles. The van der Waals surface area contributed by atoms with Crippen LogP contribution in [0.15, 0.2) is 53.4 Å². The Hall–Kier alpha value is -2.31. The molecule has 0 N–H and O–H groups in total. The van der Waals surface area contributed by atoms with Crippen molar-refractivity contribution in [1.29, 1.82) is 0 Å². The summed E-state index contributed by atoms with van der Waals surface area (Å²) in [6, 6.07) is 15.0. The maximum atomic E-state index is 13.0. The predicted molar refractivity (Wildman–Crippen MR) is 111 cm³/mol. The first-order chi connectivity index (χ1) is 12.5. The van der Waals surface area contributed by atoms with E-state index >= 15 is 0 Å².